The van der Waals surface area contributed by atoms with E-state index in [4.69, 9.17) is 5.73 Å². The molecule has 7 nitrogen and oxygen atoms in total. The number of nitrogens with one attached hydrogen (secondary N) is 1. The van der Waals surface area contributed by atoms with Crippen molar-refractivity contribution in [1.82, 2.24) is 19.8 Å². The van der Waals surface area contributed by atoms with E-state index in [-0.39, 0.29) is 29.2 Å². The van der Waals surface area contributed by atoms with Gasteiger partial charge in [0.15, 0.2) is 0 Å². The third-order valence-corrected chi connectivity index (χ3v) is 6.89. The fourth-order valence-electron chi connectivity index (χ4n) is 4.61. The van der Waals surface area contributed by atoms with Gasteiger partial charge >= 0.3 is 6.18 Å². The standard InChI is InChI=1S/C30H26F4N6O/c1-39-8-10-40(11-9-39)18-21-4-6-24(14-27(21)30(32,33)34)38-29(41)22-12-19(15-36-16-22)2-3-20-17-37-28(35)25-7-5-23(31)13-26(20)25/h4-7,12-17H,8-11,18H2,1H3,(H2,35,37)(H,38,41). The van der Waals surface area contributed by atoms with Gasteiger partial charge in [0.2, 0.25) is 0 Å². The van der Waals surface area contributed by atoms with Gasteiger partial charge in [-0.15, -0.1) is 0 Å². The Morgan fingerprint density at radius 1 is 1.00 bits per heavy atom. The van der Waals surface area contributed by atoms with Crippen LogP contribution in [0.2, 0.25) is 0 Å². The first-order chi connectivity index (χ1) is 19.6. The van der Waals surface area contributed by atoms with Crippen LogP contribution >= 0.6 is 0 Å². The molecule has 3 N–H and O–H groups in total. The molecule has 3 heterocycles. The van der Waals surface area contributed by atoms with E-state index in [2.05, 4.69) is 32.0 Å². The summed E-state index contributed by atoms with van der Waals surface area (Å²) in [7, 11) is 1.98. The van der Waals surface area contributed by atoms with Crippen molar-refractivity contribution in [2.45, 2.75) is 12.7 Å². The van der Waals surface area contributed by atoms with E-state index in [0.29, 0.717) is 35.0 Å². The number of halogens is 4. The highest BCUT2D eigenvalue weighted by Gasteiger charge is 2.34. The highest BCUT2D eigenvalue weighted by atomic mass is 19.4. The largest absolute Gasteiger partial charge is 0.416 e. The number of alkyl halides is 3. The number of nitrogens with zero attached hydrogens (tertiary/aromatic N) is 4. The Morgan fingerprint density at radius 2 is 1.78 bits per heavy atom. The highest BCUT2D eigenvalue weighted by Crippen LogP contribution is 2.35. The number of hydrogen-bond donors (Lipinski definition) is 2. The molecule has 0 aliphatic carbocycles. The van der Waals surface area contributed by atoms with Crippen molar-refractivity contribution in [3.05, 3.63) is 94.7 Å². The van der Waals surface area contributed by atoms with Gasteiger partial charge in [0.05, 0.1) is 16.7 Å². The first kappa shape index (κ1) is 28.0. The Morgan fingerprint density at radius 3 is 2.54 bits per heavy atom. The molecule has 2 aromatic heterocycles. The third kappa shape index (κ3) is 6.62. The van der Waals surface area contributed by atoms with Gasteiger partial charge in [0, 0.05) is 73.3 Å². The van der Waals surface area contributed by atoms with E-state index in [1.54, 1.807) is 0 Å². The van der Waals surface area contributed by atoms with Gasteiger partial charge in [-0.05, 0) is 49.0 Å². The highest BCUT2D eigenvalue weighted by molar-refractivity contribution is 6.04. The quantitative estimate of drug-likeness (QED) is 0.275. The topological polar surface area (TPSA) is 87.4 Å². The number of hydrogen-bond acceptors (Lipinski definition) is 6. The first-order valence-corrected chi connectivity index (χ1v) is 12.8. The normalized spacial score (nSPS) is 14.5. The Labute approximate surface area is 234 Å². The smallest absolute Gasteiger partial charge is 0.383 e. The summed E-state index contributed by atoms with van der Waals surface area (Å²) in [5.41, 5.74) is 6.18. The summed E-state index contributed by atoms with van der Waals surface area (Å²) in [5.74, 6) is 4.93. The van der Waals surface area contributed by atoms with E-state index in [1.807, 2.05) is 11.9 Å². The fourth-order valence-corrected chi connectivity index (χ4v) is 4.61. The molecule has 41 heavy (non-hydrogen) atoms. The molecule has 1 amide bonds. The molecule has 4 aromatic rings. The SMILES string of the molecule is CN1CCN(Cc2ccc(NC(=O)c3cncc(C#Cc4cnc(N)c5ccc(F)cc45)c3)cc2C(F)(F)F)CC1. The Hall–Kier alpha value is -4.53. The van der Waals surface area contributed by atoms with Gasteiger partial charge in [-0.3, -0.25) is 14.7 Å². The molecule has 1 fully saturated rings. The summed E-state index contributed by atoms with van der Waals surface area (Å²) in [5, 5.41) is 3.57. The summed E-state index contributed by atoms with van der Waals surface area (Å²) < 4.78 is 55.6. The number of piperazine rings is 1. The second-order valence-corrected chi connectivity index (χ2v) is 9.86. The van der Waals surface area contributed by atoms with E-state index < -0.39 is 23.5 Å². The summed E-state index contributed by atoms with van der Waals surface area (Å²) in [6, 6.07) is 9.41. The maximum absolute atomic E-state index is 13.9. The molecule has 0 radical (unpaired) electrons. The molecule has 0 saturated carbocycles. The number of benzene rings is 2. The van der Waals surface area contributed by atoms with Crippen molar-refractivity contribution in [2.75, 3.05) is 44.3 Å². The second-order valence-electron chi connectivity index (χ2n) is 9.86. The van der Waals surface area contributed by atoms with Crippen LogP contribution < -0.4 is 11.1 Å². The zero-order valence-corrected chi connectivity index (χ0v) is 22.1. The number of anilines is 2. The number of nitrogen functional groups attached to an aromatic ring is 1. The number of carbonyl (C=O) groups is 1. The minimum atomic E-state index is -4.58. The van der Waals surface area contributed by atoms with Crippen molar-refractivity contribution in [2.24, 2.45) is 0 Å². The lowest BCUT2D eigenvalue weighted by molar-refractivity contribution is -0.138. The summed E-state index contributed by atoms with van der Waals surface area (Å²) >= 11 is 0. The lowest BCUT2D eigenvalue weighted by Crippen LogP contribution is -2.44. The van der Waals surface area contributed by atoms with E-state index in [1.165, 1.54) is 55.0 Å². The van der Waals surface area contributed by atoms with E-state index >= 15 is 0 Å². The second kappa shape index (κ2) is 11.5. The van der Waals surface area contributed by atoms with Crippen LogP contribution in [0.4, 0.5) is 29.1 Å². The zero-order valence-electron chi connectivity index (χ0n) is 22.1. The van der Waals surface area contributed by atoms with Crippen LogP contribution in [-0.2, 0) is 12.7 Å². The molecular weight excluding hydrogens is 536 g/mol. The van der Waals surface area contributed by atoms with Crippen molar-refractivity contribution in [3.63, 3.8) is 0 Å². The average molecular weight is 563 g/mol. The molecule has 11 heteroatoms. The van der Waals surface area contributed by atoms with Crippen LogP contribution in [0.15, 0.2) is 61.1 Å². The molecule has 210 valence electrons. The van der Waals surface area contributed by atoms with Crippen molar-refractivity contribution >= 4 is 28.2 Å². The molecule has 0 bridgehead atoms. The minimum absolute atomic E-state index is 0.0161. The van der Waals surface area contributed by atoms with Crippen molar-refractivity contribution in [3.8, 4) is 11.8 Å². The van der Waals surface area contributed by atoms with Crippen LogP contribution in [-0.4, -0.2) is 58.9 Å². The van der Waals surface area contributed by atoms with Crippen LogP contribution in [0.5, 0.6) is 0 Å². The maximum Gasteiger partial charge on any atom is 0.416 e. The average Bonchev–Trinajstić information content (AvgIpc) is 2.94. The lowest BCUT2D eigenvalue weighted by atomic mass is 10.0. The fraction of sp³-hybridized carbons (Fsp3) is 0.233. The third-order valence-electron chi connectivity index (χ3n) is 6.89. The molecule has 1 aliphatic heterocycles. The van der Waals surface area contributed by atoms with Crippen molar-refractivity contribution in [1.29, 1.82) is 0 Å². The molecule has 0 unspecified atom stereocenters. The number of nitrogens with two attached hydrogens (primary N) is 1. The molecule has 2 aromatic carbocycles. The maximum atomic E-state index is 13.9. The van der Waals surface area contributed by atoms with Crippen LogP contribution in [0, 0.1) is 17.7 Å². The minimum Gasteiger partial charge on any atom is -0.383 e. The Kier molecular flexibility index (Phi) is 7.88. The van der Waals surface area contributed by atoms with Gasteiger partial charge in [0.1, 0.15) is 11.6 Å². The number of rotatable bonds is 4. The Bertz CT molecular complexity index is 1670. The summed E-state index contributed by atoms with van der Waals surface area (Å²) in [4.78, 5) is 25.2. The monoisotopic (exact) mass is 562 g/mol. The number of pyridine rings is 2. The lowest BCUT2D eigenvalue weighted by Gasteiger charge is -2.33. The van der Waals surface area contributed by atoms with Gasteiger partial charge in [-0.2, -0.15) is 13.2 Å². The number of aromatic nitrogens is 2. The summed E-state index contributed by atoms with van der Waals surface area (Å²) in [6.07, 6.45) is -0.419. The first-order valence-electron chi connectivity index (χ1n) is 12.8. The predicted octanol–water partition coefficient (Wildman–Crippen LogP) is 4.77. The van der Waals surface area contributed by atoms with E-state index in [9.17, 15) is 22.4 Å². The number of amides is 1. The van der Waals surface area contributed by atoms with Gasteiger partial charge < -0.3 is 16.0 Å². The van der Waals surface area contributed by atoms with Gasteiger partial charge in [0.25, 0.3) is 5.91 Å². The summed E-state index contributed by atoms with van der Waals surface area (Å²) in [6.45, 7) is 3.12. The van der Waals surface area contributed by atoms with E-state index in [0.717, 1.165) is 19.2 Å². The Balaban J connectivity index is 1.35. The number of likely N-dealkylation sites (N-methyl/N-ethyl adjacent to an activating group) is 1. The van der Waals surface area contributed by atoms with Crippen LogP contribution in [0.3, 0.4) is 0 Å². The predicted molar refractivity (Wildman–Crippen MR) is 149 cm³/mol. The van der Waals surface area contributed by atoms with Crippen LogP contribution in [0.25, 0.3) is 10.8 Å². The molecule has 0 atom stereocenters. The number of carbonyl (C=O) groups excluding carboxylic acids is 1. The number of fused-ring (bicyclic) bond motifs is 1. The van der Waals surface area contributed by atoms with Gasteiger partial charge in [-0.25, -0.2) is 9.37 Å². The van der Waals surface area contributed by atoms with Crippen LogP contribution in [0.1, 0.15) is 32.6 Å². The van der Waals surface area contributed by atoms with Crippen molar-refractivity contribution < 1.29 is 22.4 Å². The molecule has 1 saturated heterocycles. The molecule has 5 rings (SSSR count). The molecule has 1 aliphatic rings. The van der Waals surface area contributed by atoms with Gasteiger partial charge in [-0.1, -0.05) is 17.9 Å². The molecule has 0 spiro atoms. The zero-order chi connectivity index (χ0) is 29.1. The molecular formula is C30H26F4N6O.